The maximum Gasteiger partial charge on any atom is 0.288 e. The highest BCUT2D eigenvalue weighted by Gasteiger charge is 2.08. The summed E-state index contributed by atoms with van der Waals surface area (Å²) >= 11 is 0. The van der Waals surface area contributed by atoms with Gasteiger partial charge in [0.1, 0.15) is 6.33 Å². The first-order valence-corrected chi connectivity index (χ1v) is 4.68. The van der Waals surface area contributed by atoms with E-state index < -0.39 is 0 Å². The van der Waals surface area contributed by atoms with Gasteiger partial charge in [-0.25, -0.2) is 4.98 Å². The Labute approximate surface area is 90.5 Å². The Morgan fingerprint density at radius 1 is 1.62 bits per heavy atom. The summed E-state index contributed by atoms with van der Waals surface area (Å²) in [6.07, 6.45) is 1.76. The minimum absolute atomic E-state index is 0.182. The number of H-pyrrole nitrogens is 1. The number of nitrogens with one attached hydrogen (secondary N) is 2. The van der Waals surface area contributed by atoms with Crippen molar-refractivity contribution in [1.82, 2.24) is 30.6 Å². The van der Waals surface area contributed by atoms with Crippen LogP contribution >= 0.6 is 0 Å². The Morgan fingerprint density at radius 3 is 3.12 bits per heavy atom. The average Bonchev–Trinajstić information content (AvgIpc) is 2.89. The zero-order chi connectivity index (χ0) is 11.4. The molecule has 0 atom stereocenters. The zero-order valence-corrected chi connectivity index (χ0v) is 8.60. The Bertz CT molecular complexity index is 463. The number of aryl methyl sites for hydroxylation is 1. The Hall–Kier alpha value is -2.25. The van der Waals surface area contributed by atoms with Crippen molar-refractivity contribution in [3.05, 3.63) is 23.9 Å². The summed E-state index contributed by atoms with van der Waals surface area (Å²) in [5.74, 6) is 0.947. The maximum atomic E-state index is 11.4. The molecular weight excluding hydrogens is 212 g/mol. The molecule has 0 unspecified atom stereocenters. The molecule has 0 saturated carbocycles. The van der Waals surface area contributed by atoms with Gasteiger partial charge < -0.3 is 9.84 Å². The molecule has 2 heterocycles. The molecular formula is C8H10N6O2. The topological polar surface area (TPSA) is 110 Å². The van der Waals surface area contributed by atoms with Crippen molar-refractivity contribution in [2.24, 2.45) is 0 Å². The minimum atomic E-state index is -0.311. The second kappa shape index (κ2) is 4.51. The van der Waals surface area contributed by atoms with E-state index in [1.54, 1.807) is 6.92 Å². The van der Waals surface area contributed by atoms with Crippen molar-refractivity contribution in [3.8, 4) is 0 Å². The number of hydrogen-bond acceptors (Lipinski definition) is 6. The first-order valence-electron chi connectivity index (χ1n) is 4.68. The lowest BCUT2D eigenvalue weighted by Gasteiger charge is -1.98. The third-order valence-electron chi connectivity index (χ3n) is 1.82. The van der Waals surface area contributed by atoms with Crippen LogP contribution in [0, 0.1) is 6.92 Å². The molecule has 0 spiro atoms. The predicted octanol–water partition coefficient (Wildman–Crippen LogP) is -0.531. The molecule has 2 N–H and O–H groups in total. The minimum Gasteiger partial charge on any atom is -0.349 e. The Kier molecular flexibility index (Phi) is 2.90. The van der Waals surface area contributed by atoms with Crippen molar-refractivity contribution >= 4 is 5.91 Å². The highest BCUT2D eigenvalue weighted by Crippen LogP contribution is 1.95. The second-order valence-corrected chi connectivity index (χ2v) is 3.08. The molecule has 1 amide bonds. The van der Waals surface area contributed by atoms with Gasteiger partial charge in [-0.15, -0.1) is 0 Å². The molecule has 0 radical (unpaired) electrons. The predicted molar refractivity (Wildman–Crippen MR) is 51.5 cm³/mol. The summed E-state index contributed by atoms with van der Waals surface area (Å²) in [5, 5.41) is 12.3. The molecule has 2 rings (SSSR count). The van der Waals surface area contributed by atoms with Crippen LogP contribution in [-0.2, 0) is 6.42 Å². The fraction of sp³-hybridized carbons (Fsp3) is 0.375. The van der Waals surface area contributed by atoms with Gasteiger partial charge in [0.15, 0.2) is 5.82 Å². The normalized spacial score (nSPS) is 10.3. The van der Waals surface area contributed by atoms with Crippen LogP contribution in [0.5, 0.6) is 0 Å². The van der Waals surface area contributed by atoms with Crippen molar-refractivity contribution < 1.29 is 9.32 Å². The molecule has 0 bridgehead atoms. The smallest absolute Gasteiger partial charge is 0.288 e. The molecule has 8 nitrogen and oxygen atoms in total. The lowest BCUT2D eigenvalue weighted by molar-refractivity contribution is 0.0943. The number of aromatic nitrogens is 5. The van der Waals surface area contributed by atoms with Crippen LogP contribution in [0.1, 0.15) is 22.3 Å². The number of nitrogens with zero attached hydrogens (tertiary/aromatic N) is 4. The van der Waals surface area contributed by atoms with E-state index in [-0.39, 0.29) is 11.7 Å². The Balaban J connectivity index is 1.78. The molecule has 2 aromatic rings. The van der Waals surface area contributed by atoms with Crippen LogP contribution in [-0.4, -0.2) is 37.8 Å². The van der Waals surface area contributed by atoms with Crippen LogP contribution < -0.4 is 5.32 Å². The molecule has 0 aliphatic heterocycles. The van der Waals surface area contributed by atoms with Crippen LogP contribution in [0.4, 0.5) is 0 Å². The number of rotatable bonds is 4. The van der Waals surface area contributed by atoms with Crippen LogP contribution in [0.2, 0.25) is 0 Å². The van der Waals surface area contributed by atoms with E-state index in [0.29, 0.717) is 24.7 Å². The maximum absolute atomic E-state index is 11.4. The number of aromatic amines is 1. The molecule has 2 aromatic heterocycles. The second-order valence-electron chi connectivity index (χ2n) is 3.08. The van der Waals surface area contributed by atoms with E-state index in [1.807, 2.05) is 0 Å². The first-order chi connectivity index (χ1) is 7.75. The number of amides is 1. The fourth-order valence-corrected chi connectivity index (χ4v) is 1.12. The fourth-order valence-electron chi connectivity index (χ4n) is 1.12. The highest BCUT2D eigenvalue weighted by molar-refractivity contribution is 5.90. The van der Waals surface area contributed by atoms with Crippen LogP contribution in [0.15, 0.2) is 10.9 Å². The number of carbonyl (C=O) groups excluding carboxylic acids is 1. The highest BCUT2D eigenvalue weighted by atomic mass is 16.5. The van der Waals surface area contributed by atoms with Gasteiger partial charge in [-0.05, 0) is 6.92 Å². The van der Waals surface area contributed by atoms with Gasteiger partial charge in [-0.3, -0.25) is 9.89 Å². The van der Waals surface area contributed by atoms with E-state index in [9.17, 15) is 4.79 Å². The standard InChI is InChI=1S/C8H10N6O2/c1-5-12-6(16-14-5)2-3-9-8(15)7-10-4-11-13-7/h4H,2-3H2,1H3,(H,9,15)(H,10,11,13). The molecule has 0 saturated heterocycles. The molecule has 0 aliphatic carbocycles. The molecule has 16 heavy (non-hydrogen) atoms. The van der Waals surface area contributed by atoms with Gasteiger partial charge in [0, 0.05) is 13.0 Å². The van der Waals surface area contributed by atoms with Crippen LogP contribution in [0.25, 0.3) is 0 Å². The average molecular weight is 222 g/mol. The van der Waals surface area contributed by atoms with Gasteiger partial charge in [0.05, 0.1) is 0 Å². The van der Waals surface area contributed by atoms with Gasteiger partial charge in [-0.2, -0.15) is 10.1 Å². The monoisotopic (exact) mass is 222 g/mol. The molecule has 0 aromatic carbocycles. The van der Waals surface area contributed by atoms with E-state index in [1.165, 1.54) is 6.33 Å². The summed E-state index contributed by atoms with van der Waals surface area (Å²) in [6.45, 7) is 2.14. The van der Waals surface area contributed by atoms with Crippen molar-refractivity contribution in [2.45, 2.75) is 13.3 Å². The third-order valence-corrected chi connectivity index (χ3v) is 1.82. The summed E-state index contributed by atoms with van der Waals surface area (Å²) in [5.41, 5.74) is 0. The first kappa shape index (κ1) is 10.3. The van der Waals surface area contributed by atoms with Gasteiger partial charge in [-0.1, -0.05) is 5.16 Å². The molecule has 0 fully saturated rings. The SMILES string of the molecule is Cc1noc(CCNC(=O)c2ncn[nH]2)n1. The van der Waals surface area contributed by atoms with Crippen molar-refractivity contribution in [2.75, 3.05) is 6.54 Å². The van der Waals surface area contributed by atoms with Crippen LogP contribution in [0.3, 0.4) is 0 Å². The zero-order valence-electron chi connectivity index (χ0n) is 8.60. The summed E-state index contributed by atoms with van der Waals surface area (Å²) in [6, 6.07) is 0. The lowest BCUT2D eigenvalue weighted by Crippen LogP contribution is -2.26. The van der Waals surface area contributed by atoms with E-state index in [2.05, 4.69) is 30.6 Å². The lowest BCUT2D eigenvalue weighted by atomic mass is 10.4. The van der Waals surface area contributed by atoms with E-state index in [4.69, 9.17) is 4.52 Å². The van der Waals surface area contributed by atoms with Gasteiger partial charge >= 0.3 is 0 Å². The quantitative estimate of drug-likeness (QED) is 0.719. The summed E-state index contributed by atoms with van der Waals surface area (Å²) < 4.78 is 4.89. The molecule has 0 aliphatic rings. The Morgan fingerprint density at radius 2 is 2.50 bits per heavy atom. The van der Waals surface area contributed by atoms with E-state index >= 15 is 0 Å². The molecule has 8 heteroatoms. The van der Waals surface area contributed by atoms with E-state index in [0.717, 1.165) is 0 Å². The largest absolute Gasteiger partial charge is 0.349 e. The number of carbonyl (C=O) groups is 1. The summed E-state index contributed by atoms with van der Waals surface area (Å²) in [4.78, 5) is 19.1. The van der Waals surface area contributed by atoms with Crippen molar-refractivity contribution in [1.29, 1.82) is 0 Å². The number of hydrogen-bond donors (Lipinski definition) is 2. The van der Waals surface area contributed by atoms with Gasteiger partial charge in [0.2, 0.25) is 11.7 Å². The third kappa shape index (κ3) is 2.41. The van der Waals surface area contributed by atoms with Crippen molar-refractivity contribution in [3.63, 3.8) is 0 Å². The molecule has 84 valence electrons. The summed E-state index contributed by atoms with van der Waals surface area (Å²) in [7, 11) is 0. The van der Waals surface area contributed by atoms with Gasteiger partial charge in [0.25, 0.3) is 5.91 Å².